The molecule has 1 aromatic heterocycles. The van der Waals surface area contributed by atoms with Crippen molar-refractivity contribution in [3.05, 3.63) is 47.2 Å². The highest BCUT2D eigenvalue weighted by Gasteiger charge is 2.11. The monoisotopic (exact) mass is 284 g/mol. The molecule has 0 saturated carbocycles. The van der Waals surface area contributed by atoms with E-state index in [1.165, 1.54) is 0 Å². The second-order valence-corrected chi connectivity index (χ2v) is 4.87. The Morgan fingerprint density at radius 2 is 2.00 bits per heavy atom. The minimum Gasteiger partial charge on any atom is -0.481 e. The van der Waals surface area contributed by atoms with Crippen molar-refractivity contribution in [2.75, 3.05) is 12.4 Å². The number of aromatic nitrogens is 1. The largest absolute Gasteiger partial charge is 0.481 e. The van der Waals surface area contributed by atoms with Gasteiger partial charge in [-0.3, -0.25) is 4.79 Å². The summed E-state index contributed by atoms with van der Waals surface area (Å²) in [6.07, 6.45) is 0.833. The first-order valence-electron chi connectivity index (χ1n) is 6.98. The number of hydrogen-bond donors (Lipinski definition) is 1. The number of methoxy groups -OCH3 is 1. The summed E-state index contributed by atoms with van der Waals surface area (Å²) in [5.41, 5.74) is 4.22. The first kappa shape index (κ1) is 15.0. The van der Waals surface area contributed by atoms with Gasteiger partial charge in [0.05, 0.1) is 18.5 Å². The third kappa shape index (κ3) is 3.21. The Balaban J connectivity index is 2.43. The molecule has 0 bridgehead atoms. The molecule has 2 rings (SSSR count). The van der Waals surface area contributed by atoms with Gasteiger partial charge in [0.2, 0.25) is 5.88 Å². The van der Waals surface area contributed by atoms with E-state index in [1.54, 1.807) is 14.0 Å². The van der Waals surface area contributed by atoms with E-state index in [1.807, 2.05) is 37.3 Å². The minimum atomic E-state index is 0.0351. The lowest BCUT2D eigenvalue weighted by molar-refractivity contribution is 0.101. The number of Topliss-reactive ketones (excluding diaryl/α,β-unsaturated/α-hetero) is 1. The van der Waals surface area contributed by atoms with Gasteiger partial charge in [0, 0.05) is 16.8 Å². The van der Waals surface area contributed by atoms with Crippen LogP contribution in [0.25, 0.3) is 0 Å². The van der Waals surface area contributed by atoms with Gasteiger partial charge in [0.1, 0.15) is 0 Å². The molecule has 0 saturated heterocycles. The molecule has 2 aromatic rings. The summed E-state index contributed by atoms with van der Waals surface area (Å²) in [7, 11) is 1.62. The number of pyridine rings is 1. The maximum atomic E-state index is 11.7. The molecule has 0 spiro atoms. The van der Waals surface area contributed by atoms with Crippen molar-refractivity contribution in [2.45, 2.75) is 27.2 Å². The fraction of sp³-hybridized carbons (Fsp3) is 0.294. The Kier molecular flexibility index (Phi) is 4.58. The van der Waals surface area contributed by atoms with Gasteiger partial charge in [-0.1, -0.05) is 19.1 Å². The summed E-state index contributed by atoms with van der Waals surface area (Å²) in [4.78, 5) is 16.2. The Labute approximate surface area is 125 Å². The van der Waals surface area contributed by atoms with E-state index in [9.17, 15) is 4.79 Å². The van der Waals surface area contributed by atoms with Gasteiger partial charge in [-0.25, -0.2) is 4.98 Å². The van der Waals surface area contributed by atoms with Gasteiger partial charge in [0.15, 0.2) is 5.78 Å². The molecule has 1 aromatic carbocycles. The number of carbonyl (C=O) groups excluding carboxylic acids is 1. The average Bonchev–Trinajstić information content (AvgIpc) is 2.49. The molecule has 110 valence electrons. The Morgan fingerprint density at radius 1 is 1.29 bits per heavy atom. The normalized spacial score (nSPS) is 10.3. The fourth-order valence-electron chi connectivity index (χ4n) is 2.23. The first-order valence-corrected chi connectivity index (χ1v) is 6.98. The molecule has 0 aliphatic carbocycles. The summed E-state index contributed by atoms with van der Waals surface area (Å²) in [5.74, 6) is 0.688. The van der Waals surface area contributed by atoms with E-state index < -0.39 is 0 Å². The Hall–Kier alpha value is -2.36. The van der Waals surface area contributed by atoms with Gasteiger partial charge >= 0.3 is 0 Å². The van der Waals surface area contributed by atoms with Crippen molar-refractivity contribution >= 4 is 17.2 Å². The molecule has 0 unspecified atom stereocenters. The molecule has 0 radical (unpaired) electrons. The second kappa shape index (κ2) is 6.39. The molecule has 0 aliphatic rings. The van der Waals surface area contributed by atoms with Crippen LogP contribution < -0.4 is 10.1 Å². The van der Waals surface area contributed by atoms with Crippen LogP contribution in [0.3, 0.4) is 0 Å². The number of hydrogen-bond acceptors (Lipinski definition) is 4. The standard InChI is InChI=1S/C17H20N2O2/c1-5-13-10-16(11(2)18-17(13)21-4)19-15-9-7-6-8-14(15)12(3)20/h6-10,19H,5H2,1-4H3. The maximum absolute atomic E-state index is 11.7. The Morgan fingerprint density at radius 3 is 2.62 bits per heavy atom. The summed E-state index contributed by atoms with van der Waals surface area (Å²) in [5, 5.41) is 3.31. The molecule has 21 heavy (non-hydrogen) atoms. The predicted octanol–water partition coefficient (Wildman–Crippen LogP) is 3.91. The lowest BCUT2D eigenvalue weighted by Crippen LogP contribution is -2.04. The second-order valence-electron chi connectivity index (χ2n) is 4.87. The summed E-state index contributed by atoms with van der Waals surface area (Å²) < 4.78 is 5.29. The van der Waals surface area contributed by atoms with Crippen molar-refractivity contribution in [2.24, 2.45) is 0 Å². The molecule has 0 fully saturated rings. The zero-order chi connectivity index (χ0) is 15.4. The van der Waals surface area contributed by atoms with Crippen LogP contribution >= 0.6 is 0 Å². The van der Waals surface area contributed by atoms with Crippen LogP contribution in [0.4, 0.5) is 11.4 Å². The van der Waals surface area contributed by atoms with Crippen LogP contribution in [0.2, 0.25) is 0 Å². The molecule has 1 heterocycles. The lowest BCUT2D eigenvalue weighted by Gasteiger charge is -2.15. The topological polar surface area (TPSA) is 51.2 Å². The molecule has 4 heteroatoms. The van der Waals surface area contributed by atoms with E-state index in [2.05, 4.69) is 17.2 Å². The molecule has 4 nitrogen and oxygen atoms in total. The summed E-state index contributed by atoms with van der Waals surface area (Å²) in [6.45, 7) is 5.54. The van der Waals surface area contributed by atoms with Gasteiger partial charge in [-0.2, -0.15) is 0 Å². The lowest BCUT2D eigenvalue weighted by atomic mass is 10.1. The molecule has 0 amide bonds. The van der Waals surface area contributed by atoms with Crippen LogP contribution in [0, 0.1) is 6.92 Å². The molecule has 1 N–H and O–H groups in total. The van der Waals surface area contributed by atoms with E-state index >= 15 is 0 Å². The van der Waals surface area contributed by atoms with Crippen molar-refractivity contribution in [1.82, 2.24) is 4.98 Å². The zero-order valence-electron chi connectivity index (χ0n) is 12.9. The zero-order valence-corrected chi connectivity index (χ0v) is 12.9. The highest BCUT2D eigenvalue weighted by Crippen LogP contribution is 2.27. The van der Waals surface area contributed by atoms with Crippen LogP contribution in [-0.2, 0) is 6.42 Å². The van der Waals surface area contributed by atoms with Gasteiger partial charge in [-0.15, -0.1) is 0 Å². The van der Waals surface area contributed by atoms with Gasteiger partial charge in [0.25, 0.3) is 0 Å². The van der Waals surface area contributed by atoms with Crippen LogP contribution in [0.5, 0.6) is 5.88 Å². The van der Waals surface area contributed by atoms with Crippen molar-refractivity contribution in [3.63, 3.8) is 0 Å². The minimum absolute atomic E-state index is 0.0351. The highest BCUT2D eigenvalue weighted by atomic mass is 16.5. The molecule has 0 aliphatic heterocycles. The predicted molar refractivity (Wildman–Crippen MR) is 84.6 cm³/mol. The van der Waals surface area contributed by atoms with Crippen LogP contribution in [0.1, 0.15) is 35.5 Å². The van der Waals surface area contributed by atoms with Crippen molar-refractivity contribution < 1.29 is 9.53 Å². The third-order valence-electron chi connectivity index (χ3n) is 3.40. The number of nitrogens with one attached hydrogen (secondary N) is 1. The molecular weight excluding hydrogens is 264 g/mol. The van der Waals surface area contributed by atoms with E-state index in [-0.39, 0.29) is 5.78 Å². The number of para-hydroxylation sites is 1. The third-order valence-corrected chi connectivity index (χ3v) is 3.40. The van der Waals surface area contributed by atoms with E-state index in [0.717, 1.165) is 29.1 Å². The SMILES string of the molecule is CCc1cc(Nc2ccccc2C(C)=O)c(C)nc1OC. The van der Waals surface area contributed by atoms with Crippen molar-refractivity contribution in [1.29, 1.82) is 0 Å². The number of rotatable bonds is 5. The molecular formula is C17H20N2O2. The van der Waals surface area contributed by atoms with Crippen LogP contribution in [0.15, 0.2) is 30.3 Å². The fourth-order valence-corrected chi connectivity index (χ4v) is 2.23. The number of aryl methyl sites for hydroxylation is 2. The molecule has 0 atom stereocenters. The van der Waals surface area contributed by atoms with Gasteiger partial charge in [-0.05, 0) is 38.5 Å². The summed E-state index contributed by atoms with van der Waals surface area (Å²) in [6, 6.07) is 9.50. The number of anilines is 2. The van der Waals surface area contributed by atoms with E-state index in [4.69, 9.17) is 4.74 Å². The number of nitrogens with zero attached hydrogens (tertiary/aromatic N) is 1. The Bertz CT molecular complexity index is 666. The quantitative estimate of drug-likeness (QED) is 0.846. The van der Waals surface area contributed by atoms with E-state index in [0.29, 0.717) is 11.4 Å². The average molecular weight is 284 g/mol. The van der Waals surface area contributed by atoms with Crippen molar-refractivity contribution in [3.8, 4) is 5.88 Å². The number of benzene rings is 1. The van der Waals surface area contributed by atoms with Gasteiger partial charge < -0.3 is 10.1 Å². The maximum Gasteiger partial charge on any atom is 0.216 e. The first-order chi connectivity index (χ1) is 10.1. The van der Waals surface area contributed by atoms with Crippen LogP contribution in [-0.4, -0.2) is 17.9 Å². The smallest absolute Gasteiger partial charge is 0.216 e. The number of carbonyl (C=O) groups is 1. The highest BCUT2D eigenvalue weighted by molar-refractivity contribution is 6.00. The summed E-state index contributed by atoms with van der Waals surface area (Å²) >= 11 is 0. The number of ketones is 1. The number of ether oxygens (including phenoxy) is 1.